The van der Waals surface area contributed by atoms with Crippen molar-refractivity contribution in [2.45, 2.75) is 24.9 Å². The van der Waals surface area contributed by atoms with Gasteiger partial charge < -0.3 is 0 Å². The van der Waals surface area contributed by atoms with Crippen LogP contribution in [0.15, 0.2) is 0 Å². The number of hydrogen-bond donors (Lipinski definition) is 0. The van der Waals surface area contributed by atoms with Crippen molar-refractivity contribution in [2.75, 3.05) is 0 Å². The van der Waals surface area contributed by atoms with Gasteiger partial charge in [0.05, 0.1) is 0 Å². The smallest absolute Gasteiger partial charge is 0.111 e. The number of alkyl halides is 1. The third-order valence-corrected chi connectivity index (χ3v) is 1.25. The summed E-state index contributed by atoms with van der Waals surface area (Å²) in [6.07, 6.45) is 2.38. The van der Waals surface area contributed by atoms with Gasteiger partial charge in [-0.1, -0.05) is 0 Å². The second-order valence-corrected chi connectivity index (χ2v) is 2.00. The summed E-state index contributed by atoms with van der Waals surface area (Å²) in [6.45, 7) is 3.31. The quantitative estimate of drug-likeness (QED) is 0.422. The van der Waals surface area contributed by atoms with Gasteiger partial charge in [-0.15, -0.1) is 0 Å². The first-order valence-electron chi connectivity index (χ1n) is 2.25. The molecule has 0 aromatic heterocycles. The largest absolute Gasteiger partial charge is 0.244 e. The second-order valence-electron chi connectivity index (χ2n) is 2.00. The Morgan fingerprint density at radius 2 is 1.83 bits per heavy atom. The van der Waals surface area contributed by atoms with Crippen LogP contribution in [0.3, 0.4) is 0 Å². The van der Waals surface area contributed by atoms with E-state index in [4.69, 9.17) is 0 Å². The topological polar surface area (TPSA) is 0 Å². The van der Waals surface area contributed by atoms with Crippen molar-refractivity contribution < 1.29 is 4.39 Å². The van der Waals surface area contributed by atoms with Gasteiger partial charge in [-0.05, 0) is 26.2 Å². The molecule has 1 radical (unpaired) electrons. The Kier molecular flexibility index (Phi) is 0.652. The van der Waals surface area contributed by atoms with Crippen LogP contribution in [0.5, 0.6) is 0 Å². The summed E-state index contributed by atoms with van der Waals surface area (Å²) in [4.78, 5) is 0. The first kappa shape index (κ1) is 4.10. The minimum Gasteiger partial charge on any atom is -0.244 e. The highest BCUT2D eigenvalue weighted by Crippen LogP contribution is 2.33. The van der Waals surface area contributed by atoms with Crippen LogP contribution in [0, 0.1) is 6.92 Å². The molecule has 1 aliphatic carbocycles. The molecule has 0 amide bonds. The molecule has 1 fully saturated rings. The van der Waals surface area contributed by atoms with Gasteiger partial charge in [0.2, 0.25) is 0 Å². The van der Waals surface area contributed by atoms with Gasteiger partial charge in [0.25, 0.3) is 0 Å². The fourth-order valence-corrected chi connectivity index (χ4v) is 0.560. The SMILES string of the molecule is [CH2]C1(F)CCC1. The third-order valence-electron chi connectivity index (χ3n) is 1.25. The summed E-state index contributed by atoms with van der Waals surface area (Å²) in [5, 5.41) is 0. The van der Waals surface area contributed by atoms with E-state index in [0.717, 1.165) is 6.42 Å². The maximum Gasteiger partial charge on any atom is 0.111 e. The fourth-order valence-electron chi connectivity index (χ4n) is 0.560. The predicted octanol–water partition coefficient (Wildman–Crippen LogP) is 1.71. The van der Waals surface area contributed by atoms with Crippen LogP contribution >= 0.6 is 0 Å². The van der Waals surface area contributed by atoms with E-state index in [9.17, 15) is 4.39 Å². The van der Waals surface area contributed by atoms with Gasteiger partial charge >= 0.3 is 0 Å². The monoisotopic (exact) mass is 87.1 g/mol. The van der Waals surface area contributed by atoms with E-state index in [0.29, 0.717) is 12.8 Å². The second kappa shape index (κ2) is 0.955. The van der Waals surface area contributed by atoms with Crippen molar-refractivity contribution >= 4 is 0 Å². The molecular weight excluding hydrogens is 79.1 g/mol. The Morgan fingerprint density at radius 1 is 1.50 bits per heavy atom. The van der Waals surface area contributed by atoms with Crippen molar-refractivity contribution in [3.63, 3.8) is 0 Å². The normalized spacial score (nSPS) is 29.0. The van der Waals surface area contributed by atoms with E-state index in [1.165, 1.54) is 0 Å². The first-order valence-corrected chi connectivity index (χ1v) is 2.25. The van der Waals surface area contributed by atoms with E-state index in [1.807, 2.05) is 0 Å². The maximum atomic E-state index is 12.1. The van der Waals surface area contributed by atoms with Crippen molar-refractivity contribution in [3.05, 3.63) is 6.92 Å². The van der Waals surface area contributed by atoms with Crippen LogP contribution < -0.4 is 0 Å². The lowest BCUT2D eigenvalue weighted by Gasteiger charge is -2.28. The lowest BCUT2D eigenvalue weighted by molar-refractivity contribution is 0.116. The lowest BCUT2D eigenvalue weighted by Crippen LogP contribution is -2.27. The Morgan fingerprint density at radius 3 is 1.83 bits per heavy atom. The highest BCUT2D eigenvalue weighted by Gasteiger charge is 2.30. The van der Waals surface area contributed by atoms with Gasteiger partial charge in [-0.3, -0.25) is 0 Å². The standard InChI is InChI=1S/C5H8F/c1-5(6)3-2-4-5/h1-4H2. The molecule has 6 heavy (non-hydrogen) atoms. The van der Waals surface area contributed by atoms with Crippen LogP contribution in [-0.2, 0) is 0 Å². The van der Waals surface area contributed by atoms with Crippen molar-refractivity contribution in [3.8, 4) is 0 Å². The zero-order valence-corrected chi connectivity index (χ0v) is 3.71. The summed E-state index contributed by atoms with van der Waals surface area (Å²) in [5.41, 5.74) is -1.03. The molecule has 0 spiro atoms. The molecule has 1 rings (SSSR count). The number of rotatable bonds is 0. The van der Waals surface area contributed by atoms with Crippen molar-refractivity contribution in [1.29, 1.82) is 0 Å². The molecular formula is C5H8F. The zero-order chi connectivity index (χ0) is 4.62. The molecule has 1 heteroatoms. The number of halogens is 1. The van der Waals surface area contributed by atoms with Gasteiger partial charge in [0, 0.05) is 0 Å². The summed E-state index contributed by atoms with van der Waals surface area (Å²) in [5.74, 6) is 0. The highest BCUT2D eigenvalue weighted by atomic mass is 19.1. The van der Waals surface area contributed by atoms with Gasteiger partial charge in [0.1, 0.15) is 5.67 Å². The van der Waals surface area contributed by atoms with Crippen LogP contribution in [0.1, 0.15) is 19.3 Å². The fraction of sp³-hybridized carbons (Fsp3) is 0.800. The Balaban J connectivity index is 2.31. The van der Waals surface area contributed by atoms with Gasteiger partial charge in [0.15, 0.2) is 0 Å². The van der Waals surface area contributed by atoms with Crippen LogP contribution in [0.2, 0.25) is 0 Å². The van der Waals surface area contributed by atoms with Crippen LogP contribution in [0.25, 0.3) is 0 Å². The molecule has 0 heterocycles. The van der Waals surface area contributed by atoms with E-state index in [1.54, 1.807) is 0 Å². The molecule has 0 aromatic carbocycles. The van der Waals surface area contributed by atoms with E-state index in [2.05, 4.69) is 6.92 Å². The maximum absolute atomic E-state index is 12.1. The van der Waals surface area contributed by atoms with Crippen LogP contribution in [0.4, 0.5) is 4.39 Å². The number of hydrogen-bond acceptors (Lipinski definition) is 0. The van der Waals surface area contributed by atoms with Gasteiger partial charge in [-0.2, -0.15) is 0 Å². The Hall–Kier alpha value is -0.0700. The van der Waals surface area contributed by atoms with E-state index in [-0.39, 0.29) is 0 Å². The minimum atomic E-state index is -1.03. The Labute approximate surface area is 37.4 Å². The molecule has 0 atom stereocenters. The molecule has 0 aliphatic heterocycles. The van der Waals surface area contributed by atoms with E-state index >= 15 is 0 Å². The Bertz CT molecular complexity index is 51.0. The molecule has 0 bridgehead atoms. The van der Waals surface area contributed by atoms with Crippen molar-refractivity contribution in [2.24, 2.45) is 0 Å². The molecule has 0 aromatic rings. The molecule has 35 valence electrons. The van der Waals surface area contributed by atoms with E-state index < -0.39 is 5.67 Å². The van der Waals surface area contributed by atoms with Crippen molar-refractivity contribution in [1.82, 2.24) is 0 Å². The molecule has 0 nitrogen and oxygen atoms in total. The zero-order valence-electron chi connectivity index (χ0n) is 3.71. The summed E-state index contributed by atoms with van der Waals surface area (Å²) in [6, 6.07) is 0. The molecule has 0 N–H and O–H groups in total. The molecule has 1 saturated carbocycles. The predicted molar refractivity (Wildman–Crippen MR) is 23.0 cm³/mol. The molecule has 0 saturated heterocycles. The molecule has 1 aliphatic rings. The lowest BCUT2D eigenvalue weighted by atomic mass is 9.84. The first-order chi connectivity index (χ1) is 2.71. The molecule has 0 unspecified atom stereocenters. The average Bonchev–Trinajstić information content (AvgIpc) is 1.32. The van der Waals surface area contributed by atoms with Gasteiger partial charge in [-0.25, -0.2) is 4.39 Å². The summed E-state index contributed by atoms with van der Waals surface area (Å²) >= 11 is 0. The summed E-state index contributed by atoms with van der Waals surface area (Å²) < 4.78 is 12.1. The third kappa shape index (κ3) is 0.537. The van der Waals surface area contributed by atoms with Crippen LogP contribution in [-0.4, -0.2) is 5.67 Å². The minimum absolute atomic E-state index is 0.674. The highest BCUT2D eigenvalue weighted by molar-refractivity contribution is 4.89. The summed E-state index contributed by atoms with van der Waals surface area (Å²) in [7, 11) is 0. The average molecular weight is 87.1 g/mol.